The number of benzene rings is 1. The summed E-state index contributed by atoms with van der Waals surface area (Å²) in [4.78, 5) is 1.42. The smallest absolute Gasteiger partial charge is 0.185 e. The first-order valence-electron chi connectivity index (χ1n) is 5.98. The fourth-order valence-corrected chi connectivity index (χ4v) is 4.59. The summed E-state index contributed by atoms with van der Waals surface area (Å²) in [6.07, 6.45) is 0.490. The van der Waals surface area contributed by atoms with Crippen molar-refractivity contribution in [3.05, 3.63) is 64.9 Å². The van der Waals surface area contributed by atoms with Crippen LogP contribution >= 0.6 is 11.3 Å². The third kappa shape index (κ3) is 3.14. The van der Waals surface area contributed by atoms with Crippen LogP contribution in [-0.2, 0) is 16.3 Å². The van der Waals surface area contributed by atoms with Gasteiger partial charge in [-0.3, -0.25) is 0 Å². The zero-order valence-electron chi connectivity index (χ0n) is 10.7. The van der Waals surface area contributed by atoms with Crippen molar-refractivity contribution in [2.45, 2.75) is 23.5 Å². The molecule has 2 rings (SSSR count). The summed E-state index contributed by atoms with van der Waals surface area (Å²) in [7, 11) is -3.37. The van der Waals surface area contributed by atoms with Crippen molar-refractivity contribution in [1.82, 2.24) is 0 Å². The van der Waals surface area contributed by atoms with Gasteiger partial charge < -0.3 is 0 Å². The molecule has 0 radical (unpaired) electrons. The van der Waals surface area contributed by atoms with Crippen LogP contribution in [0.3, 0.4) is 0 Å². The van der Waals surface area contributed by atoms with Gasteiger partial charge in [0.1, 0.15) is 0 Å². The Bertz CT molecular complexity index is 641. The second-order valence-corrected chi connectivity index (χ2v) is 7.64. The minimum Gasteiger partial charge on any atom is -0.223 e. The van der Waals surface area contributed by atoms with E-state index in [4.69, 9.17) is 0 Å². The number of thiophene rings is 1. The Hall–Kier alpha value is -1.39. The molecule has 1 aromatic heterocycles. The molecule has 0 aliphatic heterocycles. The number of rotatable bonds is 5. The summed E-state index contributed by atoms with van der Waals surface area (Å²) >= 11 is 1.57. The van der Waals surface area contributed by atoms with Gasteiger partial charge in [-0.25, -0.2) is 8.42 Å². The maximum Gasteiger partial charge on any atom is 0.185 e. The molecule has 1 aromatic carbocycles. The van der Waals surface area contributed by atoms with Crippen LogP contribution in [-0.4, -0.2) is 13.7 Å². The van der Waals surface area contributed by atoms with E-state index in [9.17, 15) is 8.42 Å². The van der Waals surface area contributed by atoms with Gasteiger partial charge in [0.15, 0.2) is 9.84 Å². The van der Waals surface area contributed by atoms with Crippen molar-refractivity contribution in [3.8, 4) is 0 Å². The van der Waals surface area contributed by atoms with E-state index < -0.39 is 15.1 Å². The summed E-state index contributed by atoms with van der Waals surface area (Å²) in [5, 5.41) is 1.40. The molecule has 2 aromatic rings. The van der Waals surface area contributed by atoms with Crippen LogP contribution in [0.15, 0.2) is 64.9 Å². The molecule has 2 nitrogen and oxygen atoms in total. The minimum atomic E-state index is -3.37. The Balaban J connectivity index is 2.37. The quantitative estimate of drug-likeness (QED) is 0.787. The van der Waals surface area contributed by atoms with E-state index in [1.165, 1.54) is 0 Å². The minimum absolute atomic E-state index is 0.361. The second kappa shape index (κ2) is 5.72. The molecule has 4 heteroatoms. The Morgan fingerprint density at radius 1 is 1.21 bits per heavy atom. The van der Waals surface area contributed by atoms with Crippen LogP contribution in [0.1, 0.15) is 11.8 Å². The first kappa shape index (κ1) is 14.0. The van der Waals surface area contributed by atoms with E-state index in [1.807, 2.05) is 23.6 Å². The van der Waals surface area contributed by atoms with Crippen molar-refractivity contribution >= 4 is 21.2 Å². The predicted molar refractivity (Wildman–Crippen MR) is 80.3 cm³/mol. The van der Waals surface area contributed by atoms with Crippen LogP contribution in [0, 0.1) is 0 Å². The molecule has 0 aliphatic carbocycles. The van der Waals surface area contributed by atoms with E-state index in [0.717, 1.165) is 4.88 Å². The molecule has 0 saturated carbocycles. The molecule has 0 fully saturated rings. The highest BCUT2D eigenvalue weighted by atomic mass is 32.2. The fraction of sp³-hybridized carbons (Fsp3) is 0.200. The Labute approximate surface area is 118 Å². The molecule has 0 saturated heterocycles. The monoisotopic (exact) mass is 292 g/mol. The van der Waals surface area contributed by atoms with Gasteiger partial charge in [-0.2, -0.15) is 0 Å². The average molecular weight is 292 g/mol. The Morgan fingerprint density at radius 3 is 2.42 bits per heavy atom. The Morgan fingerprint density at radius 2 is 1.89 bits per heavy atom. The molecule has 19 heavy (non-hydrogen) atoms. The van der Waals surface area contributed by atoms with E-state index in [1.54, 1.807) is 42.5 Å². The summed E-state index contributed by atoms with van der Waals surface area (Å²) in [5.74, 6) is 0. The lowest BCUT2D eigenvalue weighted by molar-refractivity contribution is 0.585. The van der Waals surface area contributed by atoms with Crippen molar-refractivity contribution < 1.29 is 8.42 Å². The second-order valence-electron chi connectivity index (χ2n) is 4.48. The van der Waals surface area contributed by atoms with E-state index >= 15 is 0 Å². The highest BCUT2D eigenvalue weighted by molar-refractivity contribution is 7.92. The maximum atomic E-state index is 12.6. The molecular weight excluding hydrogens is 276 g/mol. The van der Waals surface area contributed by atoms with E-state index in [0.29, 0.717) is 16.9 Å². The summed E-state index contributed by atoms with van der Waals surface area (Å²) in [6.45, 7) is 5.63. The van der Waals surface area contributed by atoms with Gasteiger partial charge >= 0.3 is 0 Å². The third-order valence-corrected chi connectivity index (χ3v) is 6.11. The first-order chi connectivity index (χ1) is 9.01. The lowest BCUT2D eigenvalue weighted by atomic mass is 10.1. The van der Waals surface area contributed by atoms with E-state index in [-0.39, 0.29) is 0 Å². The standard InChI is InChI=1S/C15H16O2S2/c1-12(2)15(11-13-7-6-10-18-13)19(16,17)14-8-4-3-5-9-14/h3-10,15H,1,11H2,2H3. The van der Waals surface area contributed by atoms with Gasteiger partial charge in [0.2, 0.25) is 0 Å². The SMILES string of the molecule is C=C(C)C(Cc1cccs1)S(=O)(=O)c1ccccc1. The molecule has 0 N–H and O–H groups in total. The van der Waals surface area contributed by atoms with Crippen LogP contribution in [0.2, 0.25) is 0 Å². The van der Waals surface area contributed by atoms with Crippen LogP contribution < -0.4 is 0 Å². The summed E-state index contributed by atoms with van der Waals surface area (Å²) < 4.78 is 25.3. The third-order valence-electron chi connectivity index (χ3n) is 2.96. The largest absolute Gasteiger partial charge is 0.223 e. The van der Waals surface area contributed by atoms with E-state index in [2.05, 4.69) is 6.58 Å². The molecule has 0 spiro atoms. The average Bonchev–Trinajstić information content (AvgIpc) is 2.89. The highest BCUT2D eigenvalue weighted by Gasteiger charge is 2.28. The fourth-order valence-electron chi connectivity index (χ4n) is 1.93. The number of hydrogen-bond donors (Lipinski definition) is 0. The van der Waals surface area contributed by atoms with Gasteiger partial charge in [-0.05, 0) is 30.5 Å². The maximum absolute atomic E-state index is 12.6. The van der Waals surface area contributed by atoms with Gasteiger partial charge in [-0.1, -0.05) is 36.4 Å². The summed E-state index contributed by atoms with van der Waals surface area (Å²) in [6, 6.07) is 12.5. The van der Waals surface area contributed by atoms with Crippen LogP contribution in [0.25, 0.3) is 0 Å². The molecule has 100 valence electrons. The van der Waals surface area contributed by atoms with Crippen molar-refractivity contribution in [2.24, 2.45) is 0 Å². The van der Waals surface area contributed by atoms with Gasteiger partial charge in [-0.15, -0.1) is 11.3 Å². The molecule has 1 heterocycles. The van der Waals surface area contributed by atoms with Crippen molar-refractivity contribution in [2.75, 3.05) is 0 Å². The molecule has 0 amide bonds. The number of hydrogen-bond acceptors (Lipinski definition) is 3. The first-order valence-corrected chi connectivity index (χ1v) is 8.41. The zero-order valence-corrected chi connectivity index (χ0v) is 12.4. The Kier molecular flexibility index (Phi) is 4.22. The van der Waals surface area contributed by atoms with Crippen molar-refractivity contribution in [1.29, 1.82) is 0 Å². The molecule has 1 atom stereocenters. The number of sulfone groups is 1. The van der Waals surface area contributed by atoms with Crippen LogP contribution in [0.5, 0.6) is 0 Å². The normalized spacial score (nSPS) is 13.1. The van der Waals surface area contributed by atoms with Gasteiger partial charge in [0.25, 0.3) is 0 Å². The lowest BCUT2D eigenvalue weighted by Crippen LogP contribution is -2.24. The molecular formula is C15H16O2S2. The molecule has 0 aliphatic rings. The molecule has 1 unspecified atom stereocenters. The highest BCUT2D eigenvalue weighted by Crippen LogP contribution is 2.25. The topological polar surface area (TPSA) is 34.1 Å². The van der Waals surface area contributed by atoms with Crippen molar-refractivity contribution in [3.63, 3.8) is 0 Å². The van der Waals surface area contributed by atoms with Gasteiger partial charge in [0.05, 0.1) is 10.1 Å². The van der Waals surface area contributed by atoms with Crippen LogP contribution in [0.4, 0.5) is 0 Å². The molecule has 0 bridgehead atoms. The lowest BCUT2D eigenvalue weighted by Gasteiger charge is -2.17. The van der Waals surface area contributed by atoms with Gasteiger partial charge in [0, 0.05) is 11.3 Å². The predicted octanol–water partition coefficient (Wildman–Crippen LogP) is 3.71. The zero-order chi connectivity index (χ0) is 13.9. The summed E-state index contributed by atoms with van der Waals surface area (Å²) in [5.41, 5.74) is 0.678.